The van der Waals surface area contributed by atoms with Crippen LogP contribution in [0.4, 0.5) is 4.39 Å². The van der Waals surface area contributed by atoms with Crippen molar-refractivity contribution in [2.45, 2.75) is 12.6 Å². The summed E-state index contributed by atoms with van der Waals surface area (Å²) in [5.41, 5.74) is 0.670. The number of carbonyl (C=O) groups is 1. The van der Waals surface area contributed by atoms with Crippen molar-refractivity contribution < 1.29 is 14.3 Å². The molecule has 2 N–H and O–H groups in total. The SMILES string of the molecule is N#Cc1ccc(CN2CCNCC2C(=O)O)c(F)c1. The van der Waals surface area contributed by atoms with Crippen LogP contribution in [0.25, 0.3) is 0 Å². The standard InChI is InChI=1S/C13H14FN3O2/c14-11-5-9(6-15)1-2-10(11)8-17-4-3-16-7-12(17)13(18)19/h1-2,5,12,16H,3-4,7-8H2,(H,18,19). The lowest BCUT2D eigenvalue weighted by Gasteiger charge is -2.33. The second-order valence-electron chi connectivity index (χ2n) is 4.45. The average Bonchev–Trinajstić information content (AvgIpc) is 2.41. The second-order valence-corrected chi connectivity index (χ2v) is 4.45. The van der Waals surface area contributed by atoms with Crippen molar-refractivity contribution in [2.24, 2.45) is 0 Å². The fraction of sp³-hybridized carbons (Fsp3) is 0.385. The van der Waals surface area contributed by atoms with Crippen LogP contribution in [0.5, 0.6) is 0 Å². The number of nitrogens with zero attached hydrogens (tertiary/aromatic N) is 2. The van der Waals surface area contributed by atoms with Crippen molar-refractivity contribution in [3.05, 3.63) is 35.1 Å². The molecule has 19 heavy (non-hydrogen) atoms. The van der Waals surface area contributed by atoms with E-state index in [4.69, 9.17) is 10.4 Å². The van der Waals surface area contributed by atoms with Crippen molar-refractivity contribution in [1.82, 2.24) is 10.2 Å². The van der Waals surface area contributed by atoms with Crippen LogP contribution in [-0.2, 0) is 11.3 Å². The van der Waals surface area contributed by atoms with Gasteiger partial charge in [-0.1, -0.05) is 6.07 Å². The molecule has 6 heteroatoms. The molecular formula is C13H14FN3O2. The maximum Gasteiger partial charge on any atom is 0.322 e. The molecule has 1 saturated heterocycles. The molecule has 0 bridgehead atoms. The Balaban J connectivity index is 2.15. The Morgan fingerprint density at radius 3 is 3.05 bits per heavy atom. The molecule has 1 fully saturated rings. The Morgan fingerprint density at radius 1 is 1.63 bits per heavy atom. The van der Waals surface area contributed by atoms with E-state index in [-0.39, 0.29) is 12.1 Å². The van der Waals surface area contributed by atoms with Gasteiger partial charge in [0.25, 0.3) is 0 Å². The Morgan fingerprint density at radius 2 is 2.42 bits per heavy atom. The quantitative estimate of drug-likeness (QED) is 0.833. The zero-order valence-corrected chi connectivity index (χ0v) is 10.3. The third-order valence-electron chi connectivity index (χ3n) is 3.19. The maximum absolute atomic E-state index is 13.8. The van der Waals surface area contributed by atoms with Crippen molar-refractivity contribution in [3.8, 4) is 6.07 Å². The molecule has 1 atom stereocenters. The molecule has 0 radical (unpaired) electrons. The molecule has 2 rings (SSSR count). The lowest BCUT2D eigenvalue weighted by Crippen LogP contribution is -2.54. The number of carboxylic acid groups (broad SMARTS) is 1. The van der Waals surface area contributed by atoms with E-state index in [1.807, 2.05) is 6.07 Å². The van der Waals surface area contributed by atoms with Gasteiger partial charge in [0.05, 0.1) is 11.6 Å². The molecule has 0 aromatic heterocycles. The van der Waals surface area contributed by atoms with Gasteiger partial charge in [0.2, 0.25) is 0 Å². The van der Waals surface area contributed by atoms with E-state index in [0.717, 1.165) is 0 Å². The number of piperazine rings is 1. The summed E-state index contributed by atoms with van der Waals surface area (Å²) in [7, 11) is 0. The van der Waals surface area contributed by atoms with Gasteiger partial charge in [0.1, 0.15) is 11.9 Å². The topological polar surface area (TPSA) is 76.4 Å². The van der Waals surface area contributed by atoms with Gasteiger partial charge < -0.3 is 10.4 Å². The van der Waals surface area contributed by atoms with E-state index < -0.39 is 17.8 Å². The van der Waals surface area contributed by atoms with E-state index in [1.165, 1.54) is 18.2 Å². The normalized spacial score (nSPS) is 19.9. The van der Waals surface area contributed by atoms with Crippen LogP contribution < -0.4 is 5.32 Å². The van der Waals surface area contributed by atoms with Gasteiger partial charge >= 0.3 is 5.97 Å². The van der Waals surface area contributed by atoms with Crippen LogP contribution in [0, 0.1) is 17.1 Å². The third-order valence-corrected chi connectivity index (χ3v) is 3.19. The van der Waals surface area contributed by atoms with E-state index in [1.54, 1.807) is 4.90 Å². The molecule has 1 aromatic carbocycles. The van der Waals surface area contributed by atoms with Gasteiger partial charge in [-0.2, -0.15) is 5.26 Å². The Hall–Kier alpha value is -1.97. The molecule has 100 valence electrons. The highest BCUT2D eigenvalue weighted by Gasteiger charge is 2.28. The van der Waals surface area contributed by atoms with E-state index in [9.17, 15) is 9.18 Å². The van der Waals surface area contributed by atoms with E-state index in [2.05, 4.69) is 5.32 Å². The zero-order valence-electron chi connectivity index (χ0n) is 10.3. The molecular weight excluding hydrogens is 249 g/mol. The smallest absolute Gasteiger partial charge is 0.322 e. The van der Waals surface area contributed by atoms with E-state index >= 15 is 0 Å². The van der Waals surface area contributed by atoms with Gasteiger partial charge in [-0.05, 0) is 12.1 Å². The number of nitriles is 1. The molecule has 1 heterocycles. The number of benzene rings is 1. The second kappa shape index (κ2) is 5.78. The molecule has 0 spiro atoms. The van der Waals surface area contributed by atoms with Gasteiger partial charge in [0, 0.05) is 31.7 Å². The monoisotopic (exact) mass is 263 g/mol. The highest BCUT2D eigenvalue weighted by Crippen LogP contribution is 2.15. The molecule has 1 aromatic rings. The van der Waals surface area contributed by atoms with Crippen molar-refractivity contribution in [3.63, 3.8) is 0 Å². The Kier molecular flexibility index (Phi) is 4.10. The fourth-order valence-electron chi connectivity index (χ4n) is 2.14. The van der Waals surface area contributed by atoms with Crippen molar-refractivity contribution in [1.29, 1.82) is 5.26 Å². The first-order valence-electron chi connectivity index (χ1n) is 5.98. The average molecular weight is 263 g/mol. The van der Waals surface area contributed by atoms with Gasteiger partial charge in [-0.15, -0.1) is 0 Å². The zero-order chi connectivity index (χ0) is 13.8. The first-order valence-corrected chi connectivity index (χ1v) is 5.98. The molecule has 0 amide bonds. The molecule has 1 aliphatic rings. The summed E-state index contributed by atoms with van der Waals surface area (Å²) in [6.07, 6.45) is 0. The van der Waals surface area contributed by atoms with Crippen LogP contribution in [0.1, 0.15) is 11.1 Å². The number of nitrogens with one attached hydrogen (secondary N) is 1. The lowest BCUT2D eigenvalue weighted by molar-refractivity contribution is -0.144. The Labute approximate surface area is 110 Å². The fourth-order valence-corrected chi connectivity index (χ4v) is 2.14. The van der Waals surface area contributed by atoms with Gasteiger partial charge in [0.15, 0.2) is 0 Å². The summed E-state index contributed by atoms with van der Waals surface area (Å²) < 4.78 is 13.8. The van der Waals surface area contributed by atoms with Crippen LogP contribution in [0.15, 0.2) is 18.2 Å². The Bertz CT molecular complexity index is 527. The first kappa shape index (κ1) is 13.5. The highest BCUT2D eigenvalue weighted by atomic mass is 19.1. The van der Waals surface area contributed by atoms with Gasteiger partial charge in [-0.3, -0.25) is 9.69 Å². The molecule has 0 aliphatic carbocycles. The van der Waals surface area contributed by atoms with Gasteiger partial charge in [-0.25, -0.2) is 4.39 Å². The van der Waals surface area contributed by atoms with Crippen LogP contribution >= 0.6 is 0 Å². The van der Waals surface area contributed by atoms with Crippen molar-refractivity contribution >= 4 is 5.97 Å². The minimum Gasteiger partial charge on any atom is -0.480 e. The summed E-state index contributed by atoms with van der Waals surface area (Å²) in [6.45, 7) is 1.82. The third kappa shape index (κ3) is 3.08. The predicted molar refractivity (Wildman–Crippen MR) is 65.8 cm³/mol. The molecule has 1 unspecified atom stereocenters. The summed E-state index contributed by atoms with van der Waals surface area (Å²) in [5.74, 6) is -1.39. The minimum atomic E-state index is -0.916. The highest BCUT2D eigenvalue weighted by molar-refractivity contribution is 5.74. The molecule has 5 nitrogen and oxygen atoms in total. The molecule has 1 aliphatic heterocycles. The maximum atomic E-state index is 13.8. The number of aliphatic carboxylic acids is 1. The molecule has 0 saturated carbocycles. The lowest BCUT2D eigenvalue weighted by atomic mass is 10.1. The summed E-state index contributed by atoms with van der Waals surface area (Å²) in [4.78, 5) is 12.8. The largest absolute Gasteiger partial charge is 0.480 e. The van der Waals surface area contributed by atoms with Crippen LogP contribution in [0.3, 0.4) is 0 Å². The van der Waals surface area contributed by atoms with E-state index in [0.29, 0.717) is 25.2 Å². The number of carboxylic acids is 1. The summed E-state index contributed by atoms with van der Waals surface area (Å²) >= 11 is 0. The minimum absolute atomic E-state index is 0.232. The summed E-state index contributed by atoms with van der Waals surface area (Å²) in [5, 5.41) is 20.8. The number of hydrogen-bond acceptors (Lipinski definition) is 4. The van der Waals surface area contributed by atoms with Crippen molar-refractivity contribution in [2.75, 3.05) is 19.6 Å². The predicted octanol–water partition coefficient (Wildman–Crippen LogP) is 0.556. The number of halogens is 1. The number of rotatable bonds is 3. The van der Waals surface area contributed by atoms with Crippen LogP contribution in [-0.4, -0.2) is 41.7 Å². The van der Waals surface area contributed by atoms with Crippen LogP contribution in [0.2, 0.25) is 0 Å². The summed E-state index contributed by atoms with van der Waals surface area (Å²) in [6, 6.07) is 5.47. The first-order chi connectivity index (χ1) is 9.11. The number of hydrogen-bond donors (Lipinski definition) is 2.